The smallest absolute Gasteiger partial charge is 0.251 e. The Bertz CT molecular complexity index is 775. The maximum atomic E-state index is 12.1. The predicted molar refractivity (Wildman–Crippen MR) is 103 cm³/mol. The average Bonchev–Trinajstić information content (AvgIpc) is 2.92. The number of likely N-dealkylation sites (N-methyl/N-ethyl adjacent to an activating group) is 1. The molecule has 28 heavy (non-hydrogen) atoms. The summed E-state index contributed by atoms with van der Waals surface area (Å²) in [4.78, 5) is 24.0. The highest BCUT2D eigenvalue weighted by Gasteiger charge is 2.68. The molecule has 0 aliphatic heterocycles. The number of hydrogen-bond acceptors (Lipinski definition) is 5. The Hall–Kier alpha value is -1.50. The van der Waals surface area contributed by atoms with Crippen LogP contribution in [-0.4, -0.2) is 51.9 Å². The van der Waals surface area contributed by atoms with Gasteiger partial charge < -0.3 is 20.6 Å². The van der Waals surface area contributed by atoms with Crippen LogP contribution in [0.25, 0.3) is 0 Å². The van der Waals surface area contributed by atoms with Crippen LogP contribution < -0.4 is 5.32 Å². The minimum absolute atomic E-state index is 0.00463. The van der Waals surface area contributed by atoms with Crippen molar-refractivity contribution in [3.8, 4) is 0 Å². The second-order valence-electron chi connectivity index (χ2n) is 9.69. The fourth-order valence-corrected chi connectivity index (χ4v) is 7.17. The zero-order valence-corrected chi connectivity index (χ0v) is 16.8. The molecule has 8 atom stereocenters. The van der Waals surface area contributed by atoms with Crippen LogP contribution in [0.4, 0.5) is 0 Å². The third-order valence-electron chi connectivity index (χ3n) is 8.66. The largest absolute Gasteiger partial charge is 0.393 e. The number of nitrogens with one attached hydrogen (secondary N) is 1. The van der Waals surface area contributed by atoms with E-state index in [4.69, 9.17) is 0 Å². The molecule has 1 amide bonds. The molecule has 0 aromatic rings. The van der Waals surface area contributed by atoms with E-state index in [-0.39, 0.29) is 29.0 Å². The van der Waals surface area contributed by atoms with Gasteiger partial charge in [0, 0.05) is 23.8 Å². The lowest BCUT2D eigenvalue weighted by atomic mass is 9.46. The molecule has 0 aromatic heterocycles. The van der Waals surface area contributed by atoms with Crippen molar-refractivity contribution in [2.75, 3.05) is 7.05 Å². The maximum Gasteiger partial charge on any atom is 0.251 e. The summed E-state index contributed by atoms with van der Waals surface area (Å²) in [6.45, 7) is 4.02. The monoisotopic (exact) mass is 389 g/mol. The van der Waals surface area contributed by atoms with Crippen molar-refractivity contribution in [2.24, 2.45) is 28.6 Å². The Balaban J connectivity index is 1.72. The molecule has 4 N–H and O–H groups in total. The van der Waals surface area contributed by atoms with E-state index in [2.05, 4.69) is 12.2 Å². The summed E-state index contributed by atoms with van der Waals surface area (Å²) in [7, 11) is 1.45. The quantitative estimate of drug-likeness (QED) is 0.566. The molecule has 4 aliphatic rings. The van der Waals surface area contributed by atoms with Gasteiger partial charge in [0.05, 0.1) is 6.10 Å². The number of amides is 1. The fourth-order valence-electron chi connectivity index (χ4n) is 7.17. The van der Waals surface area contributed by atoms with Crippen molar-refractivity contribution in [1.82, 2.24) is 5.32 Å². The molecule has 0 bridgehead atoms. The van der Waals surface area contributed by atoms with Gasteiger partial charge >= 0.3 is 0 Å². The highest BCUT2D eigenvalue weighted by atomic mass is 16.4. The standard InChI is InChI=1S/C22H31NO5/c1-20-8-6-13(24)10-12(20)4-5-14-15-7-9-22(28,18(26)19(27)23-3)21(15,2)11-16(25)17(14)20/h6,8,10,14-18,25-26,28H,4-5,7,9,11H2,1-3H3,(H,23,27)/t14-,15-,16-,17+,18+,20-,21-,22-/m0/s1. The molecule has 3 fully saturated rings. The number of carbonyl (C=O) groups excluding carboxylic acids is 2. The first-order chi connectivity index (χ1) is 13.1. The molecule has 0 spiro atoms. The molecule has 6 nitrogen and oxygen atoms in total. The second-order valence-corrected chi connectivity index (χ2v) is 9.69. The van der Waals surface area contributed by atoms with Gasteiger partial charge in [-0.05, 0) is 56.1 Å². The summed E-state index contributed by atoms with van der Waals surface area (Å²) in [5.41, 5.74) is -1.58. The van der Waals surface area contributed by atoms with Crippen LogP contribution >= 0.6 is 0 Å². The molecular weight excluding hydrogens is 358 g/mol. The van der Waals surface area contributed by atoms with Gasteiger partial charge in [-0.15, -0.1) is 0 Å². The van der Waals surface area contributed by atoms with E-state index in [1.54, 1.807) is 12.2 Å². The topological polar surface area (TPSA) is 107 Å². The van der Waals surface area contributed by atoms with Gasteiger partial charge in [0.25, 0.3) is 5.91 Å². The lowest BCUT2D eigenvalue weighted by Crippen LogP contribution is -2.64. The number of fused-ring (bicyclic) bond motifs is 5. The van der Waals surface area contributed by atoms with Crippen molar-refractivity contribution in [3.63, 3.8) is 0 Å². The Morgan fingerprint density at radius 2 is 2.04 bits per heavy atom. The van der Waals surface area contributed by atoms with Crippen molar-refractivity contribution >= 4 is 11.7 Å². The third-order valence-corrected chi connectivity index (χ3v) is 8.66. The number of ketones is 1. The van der Waals surface area contributed by atoms with Gasteiger partial charge in [0.15, 0.2) is 11.9 Å². The number of hydrogen-bond donors (Lipinski definition) is 4. The first kappa shape index (κ1) is 19.8. The van der Waals surface area contributed by atoms with Gasteiger partial charge in [0.1, 0.15) is 5.60 Å². The Morgan fingerprint density at radius 1 is 1.32 bits per heavy atom. The number of rotatable bonds is 2. The van der Waals surface area contributed by atoms with E-state index in [1.807, 2.05) is 13.0 Å². The Labute approximate surface area is 165 Å². The van der Waals surface area contributed by atoms with Gasteiger partial charge in [-0.1, -0.05) is 25.5 Å². The van der Waals surface area contributed by atoms with Crippen LogP contribution in [0, 0.1) is 28.6 Å². The van der Waals surface area contributed by atoms with Crippen LogP contribution in [0.3, 0.4) is 0 Å². The molecule has 3 saturated carbocycles. The maximum absolute atomic E-state index is 12.1. The van der Waals surface area contributed by atoms with E-state index < -0.39 is 29.1 Å². The summed E-state index contributed by atoms with van der Waals surface area (Å²) in [6, 6.07) is 0. The molecule has 0 heterocycles. The highest BCUT2D eigenvalue weighted by Crippen LogP contribution is 2.67. The van der Waals surface area contributed by atoms with Gasteiger partial charge in [-0.2, -0.15) is 0 Å². The van der Waals surface area contributed by atoms with Crippen LogP contribution in [0.2, 0.25) is 0 Å². The van der Waals surface area contributed by atoms with Crippen LogP contribution in [0.5, 0.6) is 0 Å². The highest BCUT2D eigenvalue weighted by molar-refractivity contribution is 6.01. The summed E-state index contributed by atoms with van der Waals surface area (Å²) in [5.74, 6) is -0.343. The van der Waals surface area contributed by atoms with E-state index in [0.717, 1.165) is 18.4 Å². The van der Waals surface area contributed by atoms with Gasteiger partial charge in [-0.25, -0.2) is 0 Å². The number of allylic oxidation sites excluding steroid dienone is 4. The molecule has 4 aliphatic carbocycles. The zero-order chi connectivity index (χ0) is 20.5. The molecular formula is C22H31NO5. The molecule has 0 unspecified atom stereocenters. The molecule has 0 aromatic carbocycles. The predicted octanol–water partition coefficient (Wildman–Crippen LogP) is 1.10. The van der Waals surface area contributed by atoms with Crippen LogP contribution in [0.15, 0.2) is 23.8 Å². The number of carbonyl (C=O) groups is 2. The summed E-state index contributed by atoms with van der Waals surface area (Å²) in [5, 5.41) is 35.8. The lowest BCUT2D eigenvalue weighted by molar-refractivity contribution is -0.200. The SMILES string of the molecule is CNC(=O)[C@@H](O)[C@@]1(O)CC[C@H]2[C@@H]3CCC4=CC(=O)C=C[C@]4(C)[C@H]3[C@@H](O)C[C@@]21C. The third kappa shape index (κ3) is 2.37. The van der Waals surface area contributed by atoms with Crippen molar-refractivity contribution in [3.05, 3.63) is 23.8 Å². The van der Waals surface area contributed by atoms with Gasteiger partial charge in [-0.3, -0.25) is 9.59 Å². The number of aliphatic hydroxyl groups excluding tert-OH is 2. The second kappa shape index (κ2) is 6.25. The lowest BCUT2D eigenvalue weighted by Gasteiger charge is -2.60. The Morgan fingerprint density at radius 3 is 2.71 bits per heavy atom. The van der Waals surface area contributed by atoms with Gasteiger partial charge in [0.2, 0.25) is 0 Å². The fraction of sp³-hybridized carbons (Fsp3) is 0.727. The van der Waals surface area contributed by atoms with Crippen molar-refractivity contribution < 1.29 is 24.9 Å². The van der Waals surface area contributed by atoms with Crippen LogP contribution in [0.1, 0.15) is 46.0 Å². The molecule has 154 valence electrons. The van der Waals surface area contributed by atoms with Crippen molar-refractivity contribution in [2.45, 2.75) is 63.8 Å². The minimum atomic E-state index is -1.56. The van der Waals surface area contributed by atoms with E-state index >= 15 is 0 Å². The summed E-state index contributed by atoms with van der Waals surface area (Å²) in [6.07, 6.45) is 6.10. The molecule has 6 heteroatoms. The molecule has 0 saturated heterocycles. The normalized spacial score (nSPS) is 48.2. The average molecular weight is 389 g/mol. The first-order valence-electron chi connectivity index (χ1n) is 10.3. The van der Waals surface area contributed by atoms with E-state index in [0.29, 0.717) is 19.3 Å². The zero-order valence-electron chi connectivity index (χ0n) is 16.8. The molecule has 0 radical (unpaired) electrons. The summed E-state index contributed by atoms with van der Waals surface area (Å²) >= 11 is 0. The Kier molecular flexibility index (Phi) is 4.42. The molecule has 4 rings (SSSR count). The van der Waals surface area contributed by atoms with Crippen molar-refractivity contribution in [1.29, 1.82) is 0 Å². The first-order valence-corrected chi connectivity index (χ1v) is 10.3. The minimum Gasteiger partial charge on any atom is -0.393 e. The number of aliphatic hydroxyl groups is 3. The van der Waals surface area contributed by atoms with Crippen LogP contribution in [-0.2, 0) is 9.59 Å². The van der Waals surface area contributed by atoms with E-state index in [9.17, 15) is 24.9 Å². The van der Waals surface area contributed by atoms with E-state index in [1.165, 1.54) is 7.05 Å². The summed E-state index contributed by atoms with van der Waals surface area (Å²) < 4.78 is 0.